The average molecular weight is 473 g/mol. The van der Waals surface area contributed by atoms with Crippen molar-refractivity contribution in [3.8, 4) is 0 Å². The highest BCUT2D eigenvalue weighted by atomic mass is 32.2. The second-order valence-electron chi connectivity index (χ2n) is 9.43. The molecule has 0 radical (unpaired) electrons. The minimum absolute atomic E-state index is 0.177. The molecule has 182 valence electrons. The van der Waals surface area contributed by atoms with Gasteiger partial charge < -0.3 is 5.11 Å². The molecule has 33 heavy (non-hydrogen) atoms. The van der Waals surface area contributed by atoms with E-state index in [2.05, 4.69) is 32.9 Å². The maximum atomic E-state index is 13.3. The molecule has 0 saturated carbocycles. The van der Waals surface area contributed by atoms with Gasteiger partial charge in [0.1, 0.15) is 0 Å². The van der Waals surface area contributed by atoms with Crippen LogP contribution in [0.1, 0.15) is 74.1 Å². The summed E-state index contributed by atoms with van der Waals surface area (Å²) in [4.78, 5) is 9.38. The molecule has 0 aromatic heterocycles. The van der Waals surface area contributed by atoms with Crippen LogP contribution in [0, 0.1) is 5.41 Å². The Labute approximate surface area is 200 Å². The van der Waals surface area contributed by atoms with Crippen LogP contribution in [0.3, 0.4) is 0 Å². The summed E-state index contributed by atoms with van der Waals surface area (Å²) in [5.41, 5.74) is 5.08. The Morgan fingerprint density at radius 1 is 1.15 bits per heavy atom. The van der Waals surface area contributed by atoms with Crippen molar-refractivity contribution in [2.45, 2.75) is 84.3 Å². The van der Waals surface area contributed by atoms with E-state index in [1.807, 2.05) is 39.0 Å². The topological polar surface area (TPSA) is 71.4 Å². The standard InChI is InChI=1S/C26H36O2S.C2H4O2/c1-7-20(2)18-24(29(27,28)23-13-9-8-10-14-23)19-21(3)15-16-25-22(4)12-11-17-26(25,5)6;1-2(3)4/h7-10,13-16,19,24H,11-12,17-18H2,1-6H3;1H3,(H,3,4)/b16-15+,20-7+,21-19+;. The molecule has 1 aliphatic rings. The summed E-state index contributed by atoms with van der Waals surface area (Å²) < 4.78 is 26.6. The number of aliphatic carboxylic acids is 1. The van der Waals surface area contributed by atoms with E-state index in [4.69, 9.17) is 9.90 Å². The Bertz CT molecular complexity index is 1020. The molecular weight excluding hydrogens is 432 g/mol. The zero-order valence-corrected chi connectivity index (χ0v) is 22.0. The average Bonchev–Trinajstić information content (AvgIpc) is 2.72. The van der Waals surface area contributed by atoms with Gasteiger partial charge in [0.2, 0.25) is 0 Å². The van der Waals surface area contributed by atoms with E-state index in [1.165, 1.54) is 24.0 Å². The van der Waals surface area contributed by atoms with Crippen LogP contribution in [-0.4, -0.2) is 24.7 Å². The van der Waals surface area contributed by atoms with Crippen molar-refractivity contribution in [3.63, 3.8) is 0 Å². The van der Waals surface area contributed by atoms with Crippen molar-refractivity contribution in [2.24, 2.45) is 5.41 Å². The Morgan fingerprint density at radius 2 is 1.73 bits per heavy atom. The third kappa shape index (κ3) is 9.17. The molecule has 2 rings (SSSR count). The van der Waals surface area contributed by atoms with Gasteiger partial charge in [-0.15, -0.1) is 0 Å². The lowest BCUT2D eigenvalue weighted by Crippen LogP contribution is -2.20. The maximum Gasteiger partial charge on any atom is 0.300 e. The smallest absolute Gasteiger partial charge is 0.300 e. The zero-order valence-electron chi connectivity index (χ0n) is 21.2. The molecule has 1 aromatic carbocycles. The van der Waals surface area contributed by atoms with Gasteiger partial charge in [-0.1, -0.05) is 73.1 Å². The van der Waals surface area contributed by atoms with Crippen molar-refractivity contribution in [1.82, 2.24) is 0 Å². The Kier molecular flexibility index (Phi) is 11.1. The molecule has 1 N–H and O–H groups in total. The summed E-state index contributed by atoms with van der Waals surface area (Å²) in [5.74, 6) is -0.833. The molecule has 0 amide bonds. The van der Waals surface area contributed by atoms with E-state index in [-0.39, 0.29) is 5.41 Å². The first-order chi connectivity index (χ1) is 15.3. The second-order valence-corrected chi connectivity index (χ2v) is 11.6. The molecule has 0 saturated heterocycles. The van der Waals surface area contributed by atoms with Gasteiger partial charge in [-0.25, -0.2) is 8.42 Å². The van der Waals surface area contributed by atoms with Gasteiger partial charge in [-0.05, 0) is 76.5 Å². The van der Waals surface area contributed by atoms with Crippen LogP contribution >= 0.6 is 0 Å². The number of rotatable bonds is 7. The lowest BCUT2D eigenvalue weighted by Gasteiger charge is -2.33. The first-order valence-corrected chi connectivity index (χ1v) is 13.0. The van der Waals surface area contributed by atoms with Gasteiger partial charge in [0.15, 0.2) is 9.84 Å². The fourth-order valence-corrected chi connectivity index (χ4v) is 5.81. The molecule has 4 nitrogen and oxygen atoms in total. The summed E-state index contributed by atoms with van der Waals surface area (Å²) in [6, 6.07) is 8.78. The molecule has 5 heteroatoms. The molecule has 0 heterocycles. The summed E-state index contributed by atoms with van der Waals surface area (Å²) in [6.45, 7) is 13.8. The number of hydrogen-bond acceptors (Lipinski definition) is 3. The molecule has 1 aromatic rings. The molecule has 1 atom stereocenters. The number of allylic oxidation sites excluding steroid dienone is 7. The van der Waals surface area contributed by atoms with Gasteiger partial charge in [0.25, 0.3) is 5.97 Å². The zero-order chi connectivity index (χ0) is 25.2. The predicted octanol–water partition coefficient (Wildman–Crippen LogP) is 7.31. The number of carboxylic acid groups (broad SMARTS) is 1. The quantitative estimate of drug-likeness (QED) is 0.334. The molecule has 0 aliphatic heterocycles. The van der Waals surface area contributed by atoms with E-state index in [1.54, 1.807) is 24.3 Å². The van der Waals surface area contributed by atoms with Gasteiger partial charge >= 0.3 is 0 Å². The van der Waals surface area contributed by atoms with Gasteiger partial charge in [0.05, 0.1) is 10.1 Å². The minimum Gasteiger partial charge on any atom is -0.481 e. The monoisotopic (exact) mass is 472 g/mol. The highest BCUT2D eigenvalue weighted by Gasteiger charge is 2.27. The van der Waals surface area contributed by atoms with Crippen LogP contribution in [0.2, 0.25) is 0 Å². The van der Waals surface area contributed by atoms with Crippen LogP contribution < -0.4 is 0 Å². The first kappa shape index (κ1) is 28.6. The summed E-state index contributed by atoms with van der Waals surface area (Å²) in [6.07, 6.45) is 12.3. The number of benzene rings is 1. The molecule has 0 bridgehead atoms. The molecule has 0 fully saturated rings. The van der Waals surface area contributed by atoms with Crippen molar-refractivity contribution >= 4 is 15.8 Å². The largest absolute Gasteiger partial charge is 0.481 e. The Balaban J connectivity index is 0.00000125. The fraction of sp³-hybridized carbons (Fsp3) is 0.464. The van der Waals surface area contributed by atoms with Crippen molar-refractivity contribution in [2.75, 3.05) is 0 Å². The Hall–Kier alpha value is -2.40. The van der Waals surface area contributed by atoms with Crippen LogP contribution in [0.15, 0.2) is 81.8 Å². The van der Waals surface area contributed by atoms with Crippen LogP contribution in [-0.2, 0) is 14.6 Å². The highest BCUT2D eigenvalue weighted by molar-refractivity contribution is 7.92. The lowest BCUT2D eigenvalue weighted by molar-refractivity contribution is -0.134. The number of carboxylic acids is 1. The van der Waals surface area contributed by atoms with Crippen LogP contribution in [0.4, 0.5) is 0 Å². The summed E-state index contributed by atoms with van der Waals surface area (Å²) in [5, 5.41) is 6.85. The van der Waals surface area contributed by atoms with Crippen LogP contribution in [0.25, 0.3) is 0 Å². The highest BCUT2D eigenvalue weighted by Crippen LogP contribution is 2.40. The van der Waals surface area contributed by atoms with Crippen molar-refractivity contribution < 1.29 is 18.3 Å². The Morgan fingerprint density at radius 3 is 2.24 bits per heavy atom. The van der Waals surface area contributed by atoms with E-state index < -0.39 is 21.1 Å². The van der Waals surface area contributed by atoms with Gasteiger partial charge in [0, 0.05) is 6.92 Å². The molecule has 1 unspecified atom stereocenters. The third-order valence-corrected chi connectivity index (χ3v) is 8.02. The molecular formula is C28H40O4S. The minimum atomic E-state index is -3.44. The van der Waals surface area contributed by atoms with Gasteiger partial charge in [-0.3, -0.25) is 4.79 Å². The summed E-state index contributed by atoms with van der Waals surface area (Å²) in [7, 11) is -3.44. The maximum absolute atomic E-state index is 13.3. The van der Waals surface area contributed by atoms with E-state index in [0.29, 0.717) is 11.3 Å². The predicted molar refractivity (Wildman–Crippen MR) is 138 cm³/mol. The lowest BCUT2D eigenvalue weighted by atomic mass is 9.72. The number of hydrogen-bond donors (Lipinski definition) is 1. The van der Waals surface area contributed by atoms with Gasteiger partial charge in [-0.2, -0.15) is 0 Å². The summed E-state index contributed by atoms with van der Waals surface area (Å²) >= 11 is 0. The van der Waals surface area contributed by atoms with Crippen LogP contribution in [0.5, 0.6) is 0 Å². The SMILES string of the molecule is C/C=C(\C)CC(/C=C(C)/C=C/C1=C(C)CCCC1(C)C)S(=O)(=O)c1ccccc1.CC(=O)O. The first-order valence-electron chi connectivity index (χ1n) is 11.5. The second kappa shape index (κ2) is 12.7. The van der Waals surface area contributed by atoms with E-state index in [0.717, 1.165) is 24.5 Å². The number of sulfone groups is 1. The number of carbonyl (C=O) groups is 1. The van der Waals surface area contributed by atoms with Crippen molar-refractivity contribution in [3.05, 3.63) is 76.9 Å². The normalized spacial score (nSPS) is 18.0. The third-order valence-electron chi connectivity index (χ3n) is 5.99. The van der Waals surface area contributed by atoms with E-state index >= 15 is 0 Å². The molecule has 1 aliphatic carbocycles. The van der Waals surface area contributed by atoms with E-state index in [9.17, 15) is 8.42 Å². The molecule has 0 spiro atoms. The fourth-order valence-electron chi connectivity index (χ4n) is 4.05. The van der Waals surface area contributed by atoms with Crippen molar-refractivity contribution in [1.29, 1.82) is 0 Å².